The monoisotopic (exact) mass is 454 g/mol. The average Bonchev–Trinajstić information content (AvgIpc) is 2.89. The van der Waals surface area contributed by atoms with Crippen LogP contribution in [0.15, 0.2) is 60.7 Å². The van der Waals surface area contributed by atoms with Crippen LogP contribution in [0.2, 0.25) is 0 Å². The summed E-state index contributed by atoms with van der Waals surface area (Å²) in [4.78, 5) is 10.8. The number of aliphatic carboxylic acids is 1. The van der Waals surface area contributed by atoms with Gasteiger partial charge in [-0.05, 0) is 68.9 Å². The molecule has 33 heavy (non-hydrogen) atoms. The summed E-state index contributed by atoms with van der Waals surface area (Å²) in [6, 6.07) is 20.4. The molecule has 0 spiro atoms. The highest BCUT2D eigenvalue weighted by atomic mass is 16.5. The normalized spacial score (nSPS) is 25.0. The summed E-state index contributed by atoms with van der Waals surface area (Å²) in [6.45, 7) is 1.83. The summed E-state index contributed by atoms with van der Waals surface area (Å²) in [5.41, 5.74) is 1.87. The molecule has 2 aliphatic heterocycles. The zero-order valence-corrected chi connectivity index (χ0v) is 19.6. The molecule has 2 fully saturated rings. The van der Waals surface area contributed by atoms with Crippen LogP contribution in [0.1, 0.15) is 75.3 Å². The van der Waals surface area contributed by atoms with Crippen LogP contribution in [-0.2, 0) is 25.5 Å². The Bertz CT molecular complexity index is 809. The van der Waals surface area contributed by atoms with Gasteiger partial charge >= 0.3 is 5.97 Å². The zero-order valence-electron chi connectivity index (χ0n) is 19.6. The van der Waals surface area contributed by atoms with Crippen molar-refractivity contribution in [3.05, 3.63) is 71.8 Å². The van der Waals surface area contributed by atoms with Crippen molar-refractivity contribution in [1.29, 1.82) is 0 Å². The van der Waals surface area contributed by atoms with Crippen LogP contribution < -0.4 is 0 Å². The Hall–Kier alpha value is -2.21. The Labute approximate surface area is 197 Å². The maximum absolute atomic E-state index is 10.8. The van der Waals surface area contributed by atoms with Crippen LogP contribution in [0.4, 0.5) is 0 Å². The number of hydrogen-bond acceptors (Lipinski definition) is 4. The van der Waals surface area contributed by atoms with Crippen molar-refractivity contribution in [3.8, 4) is 0 Å². The molecule has 4 rings (SSSR count). The van der Waals surface area contributed by atoms with Gasteiger partial charge in [0, 0.05) is 26.2 Å². The third kappa shape index (κ3) is 7.13. The number of rotatable bonds is 8. The summed E-state index contributed by atoms with van der Waals surface area (Å²) in [7, 11) is 0. The summed E-state index contributed by atoms with van der Waals surface area (Å²) < 4.78 is 12.0. The standard InChI is InChI=1S/C14H18O3.C14H20O2/c15-13(16)8-10-14(9-4-5-11-17-14)12-6-2-1-3-7-12;15-11-6-10-14(9-4-5-12-16-14)13-7-2-1-3-8-13/h1-3,6-7H,4-5,8-11H2,(H,15,16);1-3,7-8,15H,4-6,9-12H2. The van der Waals surface area contributed by atoms with Crippen LogP contribution in [0.3, 0.4) is 0 Å². The molecule has 5 nitrogen and oxygen atoms in total. The number of benzene rings is 2. The number of aliphatic hydroxyl groups excluding tert-OH is 1. The lowest BCUT2D eigenvalue weighted by Crippen LogP contribution is -2.34. The van der Waals surface area contributed by atoms with Gasteiger partial charge in [-0.15, -0.1) is 0 Å². The quantitative estimate of drug-likeness (QED) is 0.527. The lowest BCUT2D eigenvalue weighted by Gasteiger charge is -2.38. The Morgan fingerprint density at radius 2 is 1.24 bits per heavy atom. The van der Waals surface area contributed by atoms with Crippen molar-refractivity contribution in [2.45, 2.75) is 75.4 Å². The molecule has 2 saturated heterocycles. The predicted molar refractivity (Wildman–Crippen MR) is 129 cm³/mol. The van der Waals surface area contributed by atoms with E-state index < -0.39 is 5.97 Å². The van der Waals surface area contributed by atoms with Gasteiger partial charge in [-0.25, -0.2) is 0 Å². The maximum Gasteiger partial charge on any atom is 0.303 e. The zero-order chi connectivity index (χ0) is 23.4. The molecule has 2 aromatic rings. The van der Waals surface area contributed by atoms with Gasteiger partial charge in [0.2, 0.25) is 0 Å². The minimum Gasteiger partial charge on any atom is -0.481 e. The molecule has 2 unspecified atom stereocenters. The van der Waals surface area contributed by atoms with Crippen molar-refractivity contribution >= 4 is 5.97 Å². The van der Waals surface area contributed by atoms with E-state index in [0.717, 1.165) is 63.7 Å². The van der Waals surface area contributed by atoms with Gasteiger partial charge in [0.05, 0.1) is 11.2 Å². The number of ether oxygens (including phenoxy) is 2. The summed E-state index contributed by atoms with van der Waals surface area (Å²) in [6.07, 6.45) is 9.02. The van der Waals surface area contributed by atoms with Crippen molar-refractivity contribution in [2.24, 2.45) is 0 Å². The Balaban J connectivity index is 0.000000186. The van der Waals surface area contributed by atoms with Gasteiger partial charge in [-0.2, -0.15) is 0 Å². The van der Waals surface area contributed by atoms with Crippen LogP contribution in [0.5, 0.6) is 0 Å². The van der Waals surface area contributed by atoms with Crippen molar-refractivity contribution in [1.82, 2.24) is 0 Å². The second kappa shape index (κ2) is 12.9. The first-order valence-corrected chi connectivity index (χ1v) is 12.3. The van der Waals surface area contributed by atoms with E-state index in [1.807, 2.05) is 36.4 Å². The summed E-state index contributed by atoms with van der Waals surface area (Å²) in [5.74, 6) is -0.755. The van der Waals surface area contributed by atoms with E-state index in [2.05, 4.69) is 24.3 Å². The van der Waals surface area contributed by atoms with E-state index in [-0.39, 0.29) is 24.2 Å². The molecule has 0 bridgehead atoms. The van der Waals surface area contributed by atoms with E-state index >= 15 is 0 Å². The number of carboxylic acid groups (broad SMARTS) is 1. The predicted octanol–water partition coefficient (Wildman–Crippen LogP) is 5.80. The van der Waals surface area contributed by atoms with E-state index in [4.69, 9.17) is 19.7 Å². The Kier molecular flexibility index (Phi) is 9.92. The fourth-order valence-corrected chi connectivity index (χ4v) is 5.00. The second-order valence-corrected chi connectivity index (χ2v) is 9.05. The molecule has 0 radical (unpaired) electrons. The second-order valence-electron chi connectivity index (χ2n) is 9.05. The minimum atomic E-state index is -0.755. The third-order valence-electron chi connectivity index (χ3n) is 6.79. The van der Waals surface area contributed by atoms with Gasteiger partial charge in [0.25, 0.3) is 0 Å². The molecule has 0 saturated carbocycles. The first-order chi connectivity index (χ1) is 16.1. The lowest BCUT2D eigenvalue weighted by molar-refractivity contribution is -0.141. The smallest absolute Gasteiger partial charge is 0.303 e. The summed E-state index contributed by atoms with van der Waals surface area (Å²) in [5, 5.41) is 17.9. The Morgan fingerprint density at radius 3 is 1.64 bits per heavy atom. The van der Waals surface area contributed by atoms with Crippen LogP contribution in [0.25, 0.3) is 0 Å². The Morgan fingerprint density at radius 1 is 0.758 bits per heavy atom. The molecule has 2 atom stereocenters. The molecule has 180 valence electrons. The number of aliphatic hydroxyl groups is 1. The van der Waals surface area contributed by atoms with Crippen molar-refractivity contribution in [3.63, 3.8) is 0 Å². The molecule has 5 heteroatoms. The maximum atomic E-state index is 10.8. The van der Waals surface area contributed by atoms with Gasteiger partial charge in [-0.1, -0.05) is 60.7 Å². The fourth-order valence-electron chi connectivity index (χ4n) is 5.00. The molecule has 2 aliphatic rings. The lowest BCUT2D eigenvalue weighted by atomic mass is 9.83. The third-order valence-corrected chi connectivity index (χ3v) is 6.79. The summed E-state index contributed by atoms with van der Waals surface area (Å²) >= 11 is 0. The number of carboxylic acids is 1. The topological polar surface area (TPSA) is 76.0 Å². The van der Waals surface area contributed by atoms with Crippen molar-refractivity contribution < 1.29 is 24.5 Å². The van der Waals surface area contributed by atoms with Crippen molar-refractivity contribution in [2.75, 3.05) is 19.8 Å². The number of carbonyl (C=O) groups is 1. The van der Waals surface area contributed by atoms with E-state index in [1.54, 1.807) is 0 Å². The minimum absolute atomic E-state index is 0.137. The highest BCUT2D eigenvalue weighted by molar-refractivity contribution is 5.66. The highest BCUT2D eigenvalue weighted by Gasteiger charge is 2.35. The van der Waals surface area contributed by atoms with Crippen LogP contribution >= 0.6 is 0 Å². The first kappa shape index (κ1) is 25.4. The van der Waals surface area contributed by atoms with E-state index in [0.29, 0.717) is 6.42 Å². The highest BCUT2D eigenvalue weighted by Crippen LogP contribution is 2.40. The van der Waals surface area contributed by atoms with Gasteiger partial charge in [-0.3, -0.25) is 4.79 Å². The fraction of sp³-hybridized carbons (Fsp3) is 0.536. The van der Waals surface area contributed by atoms with Gasteiger partial charge in [0.15, 0.2) is 0 Å². The largest absolute Gasteiger partial charge is 0.481 e. The first-order valence-electron chi connectivity index (χ1n) is 12.3. The molecule has 2 N–H and O–H groups in total. The molecule has 2 aromatic carbocycles. The number of hydrogen-bond donors (Lipinski definition) is 2. The van der Waals surface area contributed by atoms with Gasteiger partial charge < -0.3 is 19.7 Å². The molecule has 0 amide bonds. The van der Waals surface area contributed by atoms with E-state index in [9.17, 15) is 4.79 Å². The van der Waals surface area contributed by atoms with Gasteiger partial charge in [0.1, 0.15) is 0 Å². The molecular weight excluding hydrogens is 416 g/mol. The van der Waals surface area contributed by atoms with Crippen LogP contribution in [0, 0.1) is 0 Å². The molecule has 2 heterocycles. The molecule has 0 aromatic heterocycles. The average molecular weight is 455 g/mol. The SMILES string of the molecule is O=C(O)CCC1(c2ccccc2)CCCCO1.OCCCC1(c2ccccc2)CCCCO1. The molecule has 0 aliphatic carbocycles. The van der Waals surface area contributed by atoms with E-state index in [1.165, 1.54) is 12.0 Å². The molecular formula is C28H38O5. The van der Waals surface area contributed by atoms with Crippen LogP contribution in [-0.4, -0.2) is 36.0 Å².